The highest BCUT2D eigenvalue weighted by Crippen LogP contribution is 2.19. The second kappa shape index (κ2) is 7.84. The van der Waals surface area contributed by atoms with Crippen LogP contribution in [0.25, 0.3) is 0 Å². The van der Waals surface area contributed by atoms with Gasteiger partial charge in [-0.25, -0.2) is 4.39 Å². The van der Waals surface area contributed by atoms with Crippen molar-refractivity contribution in [1.82, 2.24) is 15.2 Å². The smallest absolute Gasteiger partial charge is 0.255 e. The van der Waals surface area contributed by atoms with E-state index in [1.54, 1.807) is 4.90 Å². The Balaban J connectivity index is 2.02. The molecule has 1 saturated heterocycles. The Morgan fingerprint density at radius 1 is 1.41 bits per heavy atom. The summed E-state index contributed by atoms with van der Waals surface area (Å²) in [5, 5.41) is 2.80. The van der Waals surface area contributed by atoms with Crippen molar-refractivity contribution in [3.05, 3.63) is 29.8 Å². The maximum absolute atomic E-state index is 13.2. The lowest BCUT2D eigenvalue weighted by molar-refractivity contribution is -0.121. The van der Waals surface area contributed by atoms with Crippen molar-refractivity contribution in [3.8, 4) is 0 Å². The van der Waals surface area contributed by atoms with Gasteiger partial charge in [-0.2, -0.15) is 0 Å². The summed E-state index contributed by atoms with van der Waals surface area (Å²) < 4.78 is 13.2. The zero-order valence-electron chi connectivity index (χ0n) is 12.4. The van der Waals surface area contributed by atoms with Gasteiger partial charge in [0, 0.05) is 38.3 Å². The summed E-state index contributed by atoms with van der Waals surface area (Å²) in [6.07, 6.45) is 5.43. The lowest BCUT2D eigenvalue weighted by Gasteiger charge is -2.36. The highest BCUT2D eigenvalue weighted by atomic mass is 19.1. The number of hydrogen-bond acceptors (Lipinski definition) is 4. The van der Waals surface area contributed by atoms with Gasteiger partial charge in [-0.15, -0.1) is 0 Å². The summed E-state index contributed by atoms with van der Waals surface area (Å²) >= 11 is 0. The third-order valence-corrected chi connectivity index (χ3v) is 3.75. The van der Waals surface area contributed by atoms with Crippen molar-refractivity contribution < 1.29 is 14.0 Å². The quantitative estimate of drug-likeness (QED) is 0.837. The minimum atomic E-state index is -0.532. The molecule has 1 aromatic rings. The van der Waals surface area contributed by atoms with Gasteiger partial charge in [-0.05, 0) is 25.3 Å². The first-order chi connectivity index (χ1) is 10.6. The number of carbonyl (C=O) groups is 2. The van der Waals surface area contributed by atoms with Crippen LogP contribution in [0.3, 0.4) is 0 Å². The number of likely N-dealkylation sites (tertiary alicyclic amines) is 1. The number of aromatic nitrogens is 1. The van der Waals surface area contributed by atoms with Crippen LogP contribution in [0, 0.1) is 5.82 Å². The second-order valence-electron chi connectivity index (χ2n) is 5.38. The highest BCUT2D eigenvalue weighted by Gasteiger charge is 2.28. The van der Waals surface area contributed by atoms with E-state index in [4.69, 9.17) is 5.73 Å². The molecular formula is C15H21FN4O2. The fourth-order valence-electron chi connectivity index (χ4n) is 2.63. The first-order valence-electron chi connectivity index (χ1n) is 7.50. The number of nitrogens with two attached hydrogens (primary N) is 1. The molecule has 22 heavy (non-hydrogen) atoms. The predicted molar refractivity (Wildman–Crippen MR) is 79.6 cm³/mol. The second-order valence-corrected chi connectivity index (χ2v) is 5.38. The Hall–Kier alpha value is -2.02. The van der Waals surface area contributed by atoms with Crippen LogP contribution in [0.5, 0.6) is 0 Å². The fourth-order valence-corrected chi connectivity index (χ4v) is 2.63. The SMILES string of the molecule is NCCC(=O)NCC1CCCCN1C(=O)c1cncc(F)c1. The Labute approximate surface area is 128 Å². The Kier molecular flexibility index (Phi) is 5.83. The van der Waals surface area contributed by atoms with E-state index >= 15 is 0 Å². The lowest BCUT2D eigenvalue weighted by Crippen LogP contribution is -2.49. The molecule has 2 rings (SSSR count). The maximum atomic E-state index is 13.2. The molecular weight excluding hydrogens is 287 g/mol. The van der Waals surface area contributed by atoms with E-state index in [0.29, 0.717) is 19.6 Å². The van der Waals surface area contributed by atoms with Gasteiger partial charge < -0.3 is 16.0 Å². The predicted octanol–water partition coefficient (Wildman–Crippen LogP) is 0.680. The lowest BCUT2D eigenvalue weighted by atomic mass is 10.0. The average molecular weight is 308 g/mol. The number of hydrogen-bond donors (Lipinski definition) is 2. The first-order valence-corrected chi connectivity index (χ1v) is 7.50. The number of amides is 2. The van der Waals surface area contributed by atoms with Crippen LogP contribution in [-0.4, -0.2) is 47.4 Å². The number of piperidine rings is 1. The maximum Gasteiger partial charge on any atom is 0.255 e. The summed E-state index contributed by atoms with van der Waals surface area (Å²) in [5.74, 6) is -0.895. The Morgan fingerprint density at radius 2 is 2.23 bits per heavy atom. The summed E-state index contributed by atoms with van der Waals surface area (Å²) in [4.78, 5) is 29.5. The van der Waals surface area contributed by atoms with Crippen LogP contribution in [-0.2, 0) is 4.79 Å². The summed E-state index contributed by atoms with van der Waals surface area (Å²) in [5.41, 5.74) is 5.57. The number of rotatable bonds is 5. The average Bonchev–Trinajstić information content (AvgIpc) is 2.53. The molecule has 6 nitrogen and oxygen atoms in total. The van der Waals surface area contributed by atoms with Gasteiger partial charge in [0.15, 0.2) is 0 Å². The number of halogens is 1. The molecule has 2 heterocycles. The van der Waals surface area contributed by atoms with E-state index in [2.05, 4.69) is 10.3 Å². The third-order valence-electron chi connectivity index (χ3n) is 3.75. The van der Waals surface area contributed by atoms with Gasteiger partial charge >= 0.3 is 0 Å². The third kappa shape index (κ3) is 4.24. The number of pyridine rings is 1. The van der Waals surface area contributed by atoms with Gasteiger partial charge in [0.1, 0.15) is 5.82 Å². The molecule has 1 aliphatic heterocycles. The number of nitrogens with one attached hydrogen (secondary N) is 1. The molecule has 120 valence electrons. The molecule has 0 spiro atoms. The van der Waals surface area contributed by atoms with E-state index in [-0.39, 0.29) is 29.8 Å². The van der Waals surface area contributed by atoms with Crippen LogP contribution >= 0.6 is 0 Å². The molecule has 1 fully saturated rings. The molecule has 0 radical (unpaired) electrons. The monoisotopic (exact) mass is 308 g/mol. The van der Waals surface area contributed by atoms with Crippen molar-refractivity contribution in [2.75, 3.05) is 19.6 Å². The Bertz CT molecular complexity index is 538. The van der Waals surface area contributed by atoms with Crippen LogP contribution in [0.15, 0.2) is 18.5 Å². The number of nitrogens with zero attached hydrogens (tertiary/aromatic N) is 2. The van der Waals surface area contributed by atoms with Crippen molar-refractivity contribution in [1.29, 1.82) is 0 Å². The normalized spacial score (nSPS) is 18.1. The van der Waals surface area contributed by atoms with Crippen molar-refractivity contribution >= 4 is 11.8 Å². The minimum Gasteiger partial charge on any atom is -0.354 e. The van der Waals surface area contributed by atoms with Crippen molar-refractivity contribution in [2.45, 2.75) is 31.7 Å². The van der Waals surface area contributed by atoms with Crippen LogP contribution in [0.1, 0.15) is 36.0 Å². The van der Waals surface area contributed by atoms with Crippen LogP contribution < -0.4 is 11.1 Å². The molecule has 0 saturated carbocycles. The van der Waals surface area contributed by atoms with Gasteiger partial charge in [0.25, 0.3) is 5.91 Å². The van der Waals surface area contributed by atoms with E-state index in [1.165, 1.54) is 12.3 Å². The molecule has 1 aromatic heterocycles. The van der Waals surface area contributed by atoms with E-state index < -0.39 is 5.82 Å². The molecule has 2 amide bonds. The molecule has 0 bridgehead atoms. The Morgan fingerprint density at radius 3 is 2.95 bits per heavy atom. The molecule has 1 aliphatic rings. The van der Waals surface area contributed by atoms with Gasteiger partial charge in [-0.3, -0.25) is 14.6 Å². The summed E-state index contributed by atoms with van der Waals surface area (Å²) in [6, 6.07) is 1.11. The molecule has 7 heteroatoms. The zero-order chi connectivity index (χ0) is 15.9. The fraction of sp³-hybridized carbons (Fsp3) is 0.533. The first kappa shape index (κ1) is 16.4. The zero-order valence-corrected chi connectivity index (χ0v) is 12.4. The van der Waals surface area contributed by atoms with Crippen LogP contribution in [0.2, 0.25) is 0 Å². The van der Waals surface area contributed by atoms with E-state index in [1.807, 2.05) is 0 Å². The summed E-state index contributed by atoms with van der Waals surface area (Å²) in [7, 11) is 0. The standard InChI is InChI=1S/C15H21FN4O2/c16-12-7-11(8-18-9-12)15(22)20-6-2-1-3-13(20)10-19-14(21)4-5-17/h7-9,13H,1-6,10,17H2,(H,19,21). The van der Waals surface area contributed by atoms with Gasteiger partial charge in [-0.1, -0.05) is 0 Å². The van der Waals surface area contributed by atoms with E-state index in [0.717, 1.165) is 25.5 Å². The van der Waals surface area contributed by atoms with Gasteiger partial charge in [0.05, 0.1) is 11.8 Å². The van der Waals surface area contributed by atoms with Crippen molar-refractivity contribution in [3.63, 3.8) is 0 Å². The number of carbonyl (C=O) groups excluding carboxylic acids is 2. The molecule has 3 N–H and O–H groups in total. The molecule has 0 aliphatic carbocycles. The van der Waals surface area contributed by atoms with Crippen molar-refractivity contribution in [2.24, 2.45) is 5.73 Å². The van der Waals surface area contributed by atoms with E-state index in [9.17, 15) is 14.0 Å². The summed E-state index contributed by atoms with van der Waals surface area (Å²) in [6.45, 7) is 1.30. The minimum absolute atomic E-state index is 0.0776. The topological polar surface area (TPSA) is 88.3 Å². The molecule has 0 aromatic carbocycles. The molecule has 1 atom stereocenters. The van der Waals surface area contributed by atoms with Crippen LogP contribution in [0.4, 0.5) is 4.39 Å². The van der Waals surface area contributed by atoms with Gasteiger partial charge in [0.2, 0.25) is 5.91 Å². The highest BCUT2D eigenvalue weighted by molar-refractivity contribution is 5.94. The largest absolute Gasteiger partial charge is 0.354 e. The molecule has 1 unspecified atom stereocenters.